The van der Waals surface area contributed by atoms with Crippen molar-refractivity contribution in [1.29, 1.82) is 0 Å². The predicted octanol–water partition coefficient (Wildman–Crippen LogP) is 3.78. The zero-order valence-corrected chi connectivity index (χ0v) is 22.5. The molecule has 2 aliphatic heterocycles. The average molecular weight is 537 g/mol. The number of nitrogens with one attached hydrogen (secondary N) is 1. The van der Waals surface area contributed by atoms with Crippen LogP contribution in [-0.4, -0.2) is 69.0 Å². The van der Waals surface area contributed by atoms with Gasteiger partial charge in [-0.05, 0) is 73.4 Å². The van der Waals surface area contributed by atoms with Gasteiger partial charge in [0.15, 0.2) is 0 Å². The molecular weight excluding hydrogens is 503 g/mol. The van der Waals surface area contributed by atoms with E-state index in [2.05, 4.69) is 37.0 Å². The summed E-state index contributed by atoms with van der Waals surface area (Å²) in [7, 11) is 0. The summed E-state index contributed by atoms with van der Waals surface area (Å²) in [5, 5.41) is 4.19. The Hall–Kier alpha value is -2.81. The lowest BCUT2D eigenvalue weighted by atomic mass is 9.94. The number of hydrogen-bond acceptors (Lipinski definition) is 5. The molecule has 4 heterocycles. The Balaban J connectivity index is 1.22. The van der Waals surface area contributed by atoms with Crippen LogP contribution in [0.3, 0.4) is 0 Å². The lowest BCUT2D eigenvalue weighted by Gasteiger charge is -2.41. The van der Waals surface area contributed by atoms with Crippen LogP contribution in [0.2, 0.25) is 5.02 Å². The number of carbonyl (C=O) groups is 1. The summed E-state index contributed by atoms with van der Waals surface area (Å²) in [4.78, 5) is 27.1. The second kappa shape index (κ2) is 10.8. The van der Waals surface area contributed by atoms with Gasteiger partial charge in [-0.1, -0.05) is 17.7 Å². The first-order valence-electron chi connectivity index (χ1n) is 13.6. The maximum atomic E-state index is 14.2. The van der Waals surface area contributed by atoms with E-state index < -0.39 is 0 Å². The number of pyridine rings is 1. The number of imidazole rings is 1. The van der Waals surface area contributed by atoms with Gasteiger partial charge in [0, 0.05) is 50.5 Å². The molecule has 1 aliphatic carbocycles. The lowest BCUT2D eigenvalue weighted by Crippen LogP contribution is -2.59. The monoisotopic (exact) mass is 536 g/mol. The fourth-order valence-corrected chi connectivity index (χ4v) is 6.65. The van der Waals surface area contributed by atoms with Gasteiger partial charge in [0.1, 0.15) is 5.82 Å². The number of likely N-dealkylation sites (tertiary alicyclic amines) is 1. The number of benzene rings is 1. The van der Waals surface area contributed by atoms with Crippen LogP contribution >= 0.6 is 11.6 Å². The molecule has 3 aromatic rings. The van der Waals surface area contributed by atoms with Gasteiger partial charge in [-0.2, -0.15) is 0 Å². The van der Waals surface area contributed by atoms with Gasteiger partial charge >= 0.3 is 0 Å². The van der Waals surface area contributed by atoms with E-state index in [1.807, 2.05) is 30.3 Å². The zero-order valence-electron chi connectivity index (χ0n) is 21.7. The number of piperidine rings is 1. The quantitative estimate of drug-likeness (QED) is 0.550. The summed E-state index contributed by atoms with van der Waals surface area (Å²) in [6, 6.07) is 7.20. The largest absolute Gasteiger partial charge is 0.341 e. The lowest BCUT2D eigenvalue weighted by molar-refractivity contribution is -0.136. The second-order valence-electron chi connectivity index (χ2n) is 10.9. The molecule has 7 nitrogen and oxygen atoms in total. The van der Waals surface area contributed by atoms with E-state index in [4.69, 9.17) is 11.6 Å². The SMILES string of the molecule is Cc1cn(C[C@@H]2CCCN(C(=O)[C@H]3CN([C@H]4c5ccc(Cl)cc5CCc5cc(F)cnc54)CCN3)C2)cn1. The van der Waals surface area contributed by atoms with Gasteiger partial charge in [0.25, 0.3) is 0 Å². The van der Waals surface area contributed by atoms with E-state index in [1.165, 1.54) is 6.20 Å². The van der Waals surface area contributed by atoms with E-state index >= 15 is 0 Å². The van der Waals surface area contributed by atoms with E-state index in [9.17, 15) is 9.18 Å². The Kier molecular flexibility index (Phi) is 7.20. The Labute approximate surface area is 228 Å². The van der Waals surface area contributed by atoms with Gasteiger partial charge in [-0.3, -0.25) is 14.7 Å². The van der Waals surface area contributed by atoms with Gasteiger partial charge in [-0.15, -0.1) is 0 Å². The van der Waals surface area contributed by atoms with E-state index in [1.54, 1.807) is 6.07 Å². The molecule has 3 aliphatic rings. The molecule has 6 rings (SSSR count). The summed E-state index contributed by atoms with van der Waals surface area (Å²) in [6.45, 7) is 6.50. The minimum atomic E-state index is -0.314. The van der Waals surface area contributed by atoms with Crippen molar-refractivity contribution in [2.75, 3.05) is 32.7 Å². The first-order chi connectivity index (χ1) is 18.4. The van der Waals surface area contributed by atoms with E-state index in [0.717, 1.165) is 73.5 Å². The standard InChI is InChI=1S/C29H34ClFN6O/c1-19-14-35(18-34-19)15-20-3-2-9-37(16-20)29(38)26-17-36(10-8-32-26)28-25-7-6-23(30)11-21(25)4-5-22-12-24(31)13-33-27(22)28/h6-7,11-14,18,20,26,28,32H,2-5,8-10,15-17H2,1H3/t20-,26+,28-/m0/s1. The van der Waals surface area contributed by atoms with Crippen LogP contribution in [0.15, 0.2) is 43.0 Å². The molecule has 9 heteroatoms. The molecular formula is C29H34ClFN6O. The Bertz CT molecular complexity index is 1270. The normalized spacial score (nSPS) is 24.0. The van der Waals surface area contributed by atoms with Gasteiger partial charge in [0.2, 0.25) is 5.91 Å². The maximum Gasteiger partial charge on any atom is 0.241 e. The average Bonchev–Trinajstić information content (AvgIpc) is 3.26. The highest BCUT2D eigenvalue weighted by Crippen LogP contribution is 2.37. The third-order valence-electron chi connectivity index (χ3n) is 8.22. The number of hydrogen-bond donors (Lipinski definition) is 1. The molecule has 38 heavy (non-hydrogen) atoms. The molecule has 200 valence electrons. The van der Waals surface area contributed by atoms with Gasteiger partial charge in [0.05, 0.1) is 36.0 Å². The van der Waals surface area contributed by atoms with E-state index in [0.29, 0.717) is 30.5 Å². The zero-order chi connectivity index (χ0) is 26.2. The molecule has 2 aromatic heterocycles. The second-order valence-corrected chi connectivity index (χ2v) is 11.4. The number of nitrogens with zero attached hydrogens (tertiary/aromatic N) is 5. The van der Waals surface area contributed by atoms with Crippen molar-refractivity contribution in [3.63, 3.8) is 0 Å². The fraction of sp³-hybridized carbons (Fsp3) is 0.483. The van der Waals surface area contributed by atoms with Crippen molar-refractivity contribution in [3.05, 3.63) is 81.9 Å². The number of aromatic nitrogens is 3. The minimum Gasteiger partial charge on any atom is -0.341 e. The predicted molar refractivity (Wildman–Crippen MR) is 145 cm³/mol. The van der Waals surface area contributed by atoms with Gasteiger partial charge in [-0.25, -0.2) is 9.37 Å². The number of fused-ring (bicyclic) bond motifs is 2. The molecule has 0 spiro atoms. The van der Waals surface area contributed by atoms with Crippen LogP contribution in [-0.2, 0) is 24.2 Å². The number of rotatable bonds is 4. The van der Waals surface area contributed by atoms with Crippen LogP contribution in [0.1, 0.15) is 47.0 Å². The summed E-state index contributed by atoms with van der Waals surface area (Å²) < 4.78 is 16.3. The summed E-state index contributed by atoms with van der Waals surface area (Å²) in [5.74, 6) is 0.272. The highest BCUT2D eigenvalue weighted by atomic mass is 35.5. The van der Waals surface area contributed by atoms with Crippen molar-refractivity contribution in [1.82, 2.24) is 29.7 Å². The summed E-state index contributed by atoms with van der Waals surface area (Å²) in [5.41, 5.74) is 5.14. The number of amides is 1. The van der Waals surface area contributed by atoms with Crippen LogP contribution in [0.25, 0.3) is 0 Å². The van der Waals surface area contributed by atoms with Crippen molar-refractivity contribution in [2.24, 2.45) is 5.92 Å². The van der Waals surface area contributed by atoms with Gasteiger partial charge < -0.3 is 14.8 Å². The number of piperazine rings is 1. The third kappa shape index (κ3) is 5.22. The molecule has 0 radical (unpaired) electrons. The number of halogens is 2. The molecule has 1 N–H and O–H groups in total. The van der Waals surface area contributed by atoms with E-state index in [-0.39, 0.29) is 23.8 Å². The first-order valence-corrected chi connectivity index (χ1v) is 14.0. The number of aryl methyl sites for hydroxylation is 3. The fourth-order valence-electron chi connectivity index (χ4n) is 6.46. The van der Waals surface area contributed by atoms with Crippen LogP contribution < -0.4 is 5.32 Å². The molecule has 0 bridgehead atoms. The Morgan fingerprint density at radius 2 is 2.03 bits per heavy atom. The van der Waals surface area contributed by atoms with Crippen LogP contribution in [0, 0.1) is 18.7 Å². The van der Waals surface area contributed by atoms with Crippen LogP contribution in [0.5, 0.6) is 0 Å². The Morgan fingerprint density at radius 3 is 2.87 bits per heavy atom. The van der Waals surface area contributed by atoms with Crippen molar-refractivity contribution < 1.29 is 9.18 Å². The summed E-state index contributed by atoms with van der Waals surface area (Å²) >= 11 is 6.36. The van der Waals surface area contributed by atoms with Crippen molar-refractivity contribution in [3.8, 4) is 0 Å². The highest BCUT2D eigenvalue weighted by molar-refractivity contribution is 6.30. The first kappa shape index (κ1) is 25.5. The molecule has 3 atom stereocenters. The molecule has 2 saturated heterocycles. The molecule has 1 amide bonds. The molecule has 2 fully saturated rings. The maximum absolute atomic E-state index is 14.2. The van der Waals surface area contributed by atoms with Crippen LogP contribution in [0.4, 0.5) is 4.39 Å². The third-order valence-corrected chi connectivity index (χ3v) is 8.46. The molecule has 1 aromatic carbocycles. The van der Waals surface area contributed by atoms with Crippen molar-refractivity contribution >= 4 is 17.5 Å². The van der Waals surface area contributed by atoms with Crippen molar-refractivity contribution in [2.45, 2.75) is 51.2 Å². The molecule has 0 saturated carbocycles. The Morgan fingerprint density at radius 1 is 1.16 bits per heavy atom. The minimum absolute atomic E-state index is 0.142. The molecule has 0 unspecified atom stereocenters. The highest BCUT2D eigenvalue weighted by Gasteiger charge is 2.37. The number of carbonyl (C=O) groups excluding carboxylic acids is 1. The topological polar surface area (TPSA) is 66.3 Å². The summed E-state index contributed by atoms with van der Waals surface area (Å²) in [6.07, 6.45) is 8.89. The smallest absolute Gasteiger partial charge is 0.241 e.